The molecule has 4 heteroatoms. The van der Waals surface area contributed by atoms with Gasteiger partial charge in [0.1, 0.15) is 4.91 Å². The third-order valence-corrected chi connectivity index (χ3v) is 3.61. The predicted molar refractivity (Wildman–Crippen MR) is 63.2 cm³/mol. The van der Waals surface area contributed by atoms with Gasteiger partial charge in [-0.05, 0) is 26.0 Å². The molecular weight excluding hydrogens is 224 g/mol. The zero-order valence-electron chi connectivity index (χ0n) is 9.52. The van der Waals surface area contributed by atoms with E-state index in [9.17, 15) is 9.00 Å². The number of carbonyl (C=O) groups is 1. The van der Waals surface area contributed by atoms with Crippen LogP contribution in [-0.2, 0) is 20.3 Å². The fraction of sp³-hybridized carbons (Fsp3) is 0.250. The summed E-state index contributed by atoms with van der Waals surface area (Å²) < 4.78 is 16.8. The number of ether oxygens (including phenoxy) is 1. The van der Waals surface area contributed by atoms with Gasteiger partial charge in [-0.1, -0.05) is 23.8 Å². The molecule has 1 aromatic carbocycles. The average Bonchev–Trinajstić information content (AvgIpc) is 2.29. The molecule has 1 aromatic rings. The fourth-order valence-electron chi connectivity index (χ4n) is 1.22. The van der Waals surface area contributed by atoms with Crippen LogP contribution in [0, 0.1) is 0 Å². The molecule has 0 saturated heterocycles. The van der Waals surface area contributed by atoms with Gasteiger partial charge in [0, 0.05) is 4.90 Å². The smallest absolute Gasteiger partial charge is 0.347 e. The summed E-state index contributed by atoms with van der Waals surface area (Å²) in [6, 6.07) is 8.85. The molecule has 0 spiro atoms. The largest absolute Gasteiger partial charge is 0.465 e. The summed E-state index contributed by atoms with van der Waals surface area (Å²) >= 11 is 0. The number of hydrogen-bond acceptors (Lipinski definition) is 3. The Bertz CT molecular complexity index is 431. The molecule has 0 aliphatic rings. The van der Waals surface area contributed by atoms with Crippen molar-refractivity contribution in [3.63, 3.8) is 0 Å². The first kappa shape index (κ1) is 12.6. The van der Waals surface area contributed by atoms with Crippen molar-refractivity contribution in [3.8, 4) is 0 Å². The molecule has 16 heavy (non-hydrogen) atoms. The fourth-order valence-corrected chi connectivity index (χ4v) is 2.47. The first-order valence-electron chi connectivity index (χ1n) is 4.80. The highest BCUT2D eigenvalue weighted by Gasteiger charge is 2.20. The maximum absolute atomic E-state index is 12.1. The molecule has 86 valence electrons. The van der Waals surface area contributed by atoms with E-state index in [4.69, 9.17) is 0 Å². The van der Waals surface area contributed by atoms with Gasteiger partial charge < -0.3 is 4.74 Å². The molecule has 0 amide bonds. The summed E-state index contributed by atoms with van der Waals surface area (Å²) in [6.45, 7) is 3.49. The summed E-state index contributed by atoms with van der Waals surface area (Å²) in [4.78, 5) is 12.3. The number of methoxy groups -OCH3 is 1. The van der Waals surface area contributed by atoms with Crippen LogP contribution in [0.15, 0.2) is 45.7 Å². The molecule has 0 fully saturated rings. The first-order valence-corrected chi connectivity index (χ1v) is 5.95. The van der Waals surface area contributed by atoms with E-state index in [1.54, 1.807) is 38.1 Å². The quantitative estimate of drug-likeness (QED) is 0.599. The second-order valence-electron chi connectivity index (χ2n) is 3.40. The minimum atomic E-state index is -1.48. The van der Waals surface area contributed by atoms with E-state index in [1.165, 1.54) is 7.11 Å². The van der Waals surface area contributed by atoms with Crippen molar-refractivity contribution in [1.82, 2.24) is 0 Å². The summed E-state index contributed by atoms with van der Waals surface area (Å²) in [7, 11) is -0.191. The van der Waals surface area contributed by atoms with Crippen LogP contribution < -0.4 is 0 Å². The van der Waals surface area contributed by atoms with Crippen molar-refractivity contribution in [2.45, 2.75) is 18.7 Å². The van der Waals surface area contributed by atoms with Crippen molar-refractivity contribution < 1.29 is 13.7 Å². The van der Waals surface area contributed by atoms with Gasteiger partial charge in [-0.2, -0.15) is 0 Å². The van der Waals surface area contributed by atoms with Crippen molar-refractivity contribution >= 4 is 16.8 Å². The third-order valence-electron chi connectivity index (χ3n) is 1.97. The van der Waals surface area contributed by atoms with Crippen molar-refractivity contribution in [2.24, 2.45) is 0 Å². The van der Waals surface area contributed by atoms with Crippen LogP contribution in [0.3, 0.4) is 0 Å². The molecule has 1 rings (SSSR count). The highest BCUT2D eigenvalue weighted by atomic mass is 32.2. The molecule has 3 nitrogen and oxygen atoms in total. The molecule has 0 aromatic heterocycles. The van der Waals surface area contributed by atoms with Crippen molar-refractivity contribution in [1.29, 1.82) is 0 Å². The summed E-state index contributed by atoms with van der Waals surface area (Å²) in [6.07, 6.45) is 0. The number of carbonyl (C=O) groups excluding carboxylic acids is 1. The predicted octanol–water partition coefficient (Wildman–Crippen LogP) is 2.26. The Morgan fingerprint density at radius 2 is 1.75 bits per heavy atom. The van der Waals surface area contributed by atoms with Crippen LogP contribution in [0.2, 0.25) is 0 Å². The van der Waals surface area contributed by atoms with Gasteiger partial charge in [0.15, 0.2) is 0 Å². The molecule has 0 N–H and O–H groups in total. The third kappa shape index (κ3) is 2.79. The lowest BCUT2D eigenvalue weighted by Gasteiger charge is -2.07. The van der Waals surface area contributed by atoms with E-state index in [2.05, 4.69) is 4.74 Å². The van der Waals surface area contributed by atoms with E-state index < -0.39 is 16.8 Å². The van der Waals surface area contributed by atoms with Gasteiger partial charge in [0.25, 0.3) is 0 Å². The monoisotopic (exact) mass is 238 g/mol. The second-order valence-corrected chi connectivity index (χ2v) is 4.82. The van der Waals surface area contributed by atoms with E-state index in [1.807, 2.05) is 6.07 Å². The standard InChI is InChI=1S/C12H14O3S/c1-9(2)11(12(13)15-3)16(14)10-7-5-4-6-8-10/h4-8H,1-3H3/t16-/m1/s1. The maximum atomic E-state index is 12.1. The first-order chi connectivity index (χ1) is 7.57. The van der Waals surface area contributed by atoms with Crippen LogP contribution in [0.1, 0.15) is 13.8 Å². The van der Waals surface area contributed by atoms with Crippen LogP contribution in [-0.4, -0.2) is 17.3 Å². The number of benzene rings is 1. The lowest BCUT2D eigenvalue weighted by molar-refractivity contribution is -0.135. The normalized spacial score (nSPS) is 11.7. The van der Waals surface area contributed by atoms with Gasteiger partial charge in [-0.3, -0.25) is 0 Å². The highest BCUT2D eigenvalue weighted by molar-refractivity contribution is 7.90. The van der Waals surface area contributed by atoms with Gasteiger partial charge in [0.2, 0.25) is 0 Å². The Balaban J connectivity index is 3.13. The average molecular weight is 238 g/mol. The van der Waals surface area contributed by atoms with Crippen LogP contribution >= 0.6 is 0 Å². The number of hydrogen-bond donors (Lipinski definition) is 0. The van der Waals surface area contributed by atoms with E-state index in [-0.39, 0.29) is 4.91 Å². The Morgan fingerprint density at radius 1 is 1.19 bits per heavy atom. The van der Waals surface area contributed by atoms with Gasteiger partial charge in [0.05, 0.1) is 17.9 Å². The summed E-state index contributed by atoms with van der Waals surface area (Å²) in [5, 5.41) is 0. The molecule has 1 atom stereocenters. The summed E-state index contributed by atoms with van der Waals surface area (Å²) in [5.74, 6) is -0.540. The Kier molecular flexibility index (Phi) is 4.43. The second kappa shape index (κ2) is 5.61. The lowest BCUT2D eigenvalue weighted by atomic mass is 10.3. The van der Waals surface area contributed by atoms with E-state index >= 15 is 0 Å². The van der Waals surface area contributed by atoms with Gasteiger partial charge in [-0.25, -0.2) is 9.00 Å². The Hall–Kier alpha value is -1.42. The number of esters is 1. The Morgan fingerprint density at radius 3 is 2.19 bits per heavy atom. The van der Waals surface area contributed by atoms with Gasteiger partial charge in [-0.15, -0.1) is 0 Å². The molecular formula is C12H14O3S. The van der Waals surface area contributed by atoms with Gasteiger partial charge >= 0.3 is 5.97 Å². The van der Waals surface area contributed by atoms with E-state index in [0.29, 0.717) is 10.5 Å². The SMILES string of the molecule is COC(=O)C(=C(C)C)[S@](=O)c1ccccc1. The zero-order valence-corrected chi connectivity index (χ0v) is 10.3. The minimum absolute atomic E-state index is 0.216. The zero-order chi connectivity index (χ0) is 12.1. The molecule has 0 heterocycles. The van der Waals surface area contributed by atoms with Crippen molar-refractivity contribution in [3.05, 3.63) is 40.8 Å². The maximum Gasteiger partial charge on any atom is 0.347 e. The molecule has 0 unspecified atom stereocenters. The molecule has 0 saturated carbocycles. The molecule has 0 radical (unpaired) electrons. The minimum Gasteiger partial charge on any atom is -0.465 e. The van der Waals surface area contributed by atoms with Crippen molar-refractivity contribution in [2.75, 3.05) is 7.11 Å². The summed E-state index contributed by atoms with van der Waals surface area (Å²) in [5.41, 5.74) is 0.703. The lowest BCUT2D eigenvalue weighted by Crippen LogP contribution is -2.11. The van der Waals surface area contributed by atoms with Crippen LogP contribution in [0.4, 0.5) is 0 Å². The number of allylic oxidation sites excluding steroid dienone is 1. The Labute approximate surface area is 97.6 Å². The topological polar surface area (TPSA) is 43.4 Å². The highest BCUT2D eigenvalue weighted by Crippen LogP contribution is 2.18. The van der Waals surface area contributed by atoms with Crippen LogP contribution in [0.25, 0.3) is 0 Å². The molecule has 0 aliphatic heterocycles. The molecule has 0 aliphatic carbocycles. The molecule has 0 bridgehead atoms. The van der Waals surface area contributed by atoms with E-state index in [0.717, 1.165) is 0 Å². The number of rotatable bonds is 3. The van der Waals surface area contributed by atoms with Crippen LogP contribution in [0.5, 0.6) is 0 Å².